The lowest BCUT2D eigenvalue weighted by Gasteiger charge is -2.00. The van der Waals surface area contributed by atoms with Gasteiger partial charge in [-0.25, -0.2) is 0 Å². The van der Waals surface area contributed by atoms with Crippen molar-refractivity contribution in [1.82, 2.24) is 10.1 Å². The van der Waals surface area contributed by atoms with E-state index >= 15 is 0 Å². The van der Waals surface area contributed by atoms with Crippen molar-refractivity contribution in [2.45, 2.75) is 25.7 Å². The van der Waals surface area contributed by atoms with Crippen molar-refractivity contribution >= 4 is 0 Å². The second-order valence-electron chi connectivity index (χ2n) is 4.66. The highest BCUT2D eigenvalue weighted by molar-refractivity contribution is 5.59. The summed E-state index contributed by atoms with van der Waals surface area (Å²) in [5, 5.41) is 12.8. The van der Waals surface area contributed by atoms with E-state index < -0.39 is 0 Å². The zero-order valence-corrected chi connectivity index (χ0v) is 9.97. The van der Waals surface area contributed by atoms with E-state index in [1.165, 1.54) is 12.8 Å². The fourth-order valence-electron chi connectivity index (χ4n) is 1.99. The number of nitriles is 1. The standard InChI is InChI=1S/C14H13N3O/c15-8-7-11-3-1-2-4-12(11)14-16-13(17-18-14)9-10-5-6-10/h1-4,10H,5-7,9H2. The average Bonchev–Trinajstić information content (AvgIpc) is 3.07. The minimum Gasteiger partial charge on any atom is -0.334 e. The quantitative estimate of drug-likeness (QED) is 0.823. The van der Waals surface area contributed by atoms with Gasteiger partial charge in [0.05, 0.1) is 12.5 Å². The molecule has 0 saturated heterocycles. The molecule has 18 heavy (non-hydrogen) atoms. The van der Waals surface area contributed by atoms with Crippen LogP contribution >= 0.6 is 0 Å². The third-order valence-corrected chi connectivity index (χ3v) is 3.15. The zero-order chi connectivity index (χ0) is 12.4. The molecule has 0 radical (unpaired) electrons. The first-order chi connectivity index (χ1) is 8.86. The SMILES string of the molecule is N#CCc1ccccc1-c1nc(CC2CC2)no1. The van der Waals surface area contributed by atoms with E-state index in [2.05, 4.69) is 16.2 Å². The van der Waals surface area contributed by atoms with Crippen LogP contribution in [0.1, 0.15) is 24.2 Å². The van der Waals surface area contributed by atoms with E-state index in [9.17, 15) is 0 Å². The monoisotopic (exact) mass is 239 g/mol. The van der Waals surface area contributed by atoms with Crippen molar-refractivity contribution in [3.8, 4) is 17.5 Å². The maximum absolute atomic E-state index is 8.81. The Morgan fingerprint density at radius 1 is 1.33 bits per heavy atom. The summed E-state index contributed by atoms with van der Waals surface area (Å²) in [6, 6.07) is 9.82. The summed E-state index contributed by atoms with van der Waals surface area (Å²) < 4.78 is 5.30. The molecule has 0 N–H and O–H groups in total. The molecule has 1 heterocycles. The van der Waals surface area contributed by atoms with Crippen LogP contribution in [-0.4, -0.2) is 10.1 Å². The first-order valence-corrected chi connectivity index (χ1v) is 6.14. The minimum absolute atomic E-state index is 0.358. The van der Waals surface area contributed by atoms with Gasteiger partial charge in [0.25, 0.3) is 5.89 Å². The van der Waals surface area contributed by atoms with Gasteiger partial charge >= 0.3 is 0 Å². The van der Waals surface area contributed by atoms with Crippen LogP contribution in [0.2, 0.25) is 0 Å². The Morgan fingerprint density at radius 2 is 2.17 bits per heavy atom. The van der Waals surface area contributed by atoms with Crippen LogP contribution in [0, 0.1) is 17.2 Å². The van der Waals surface area contributed by atoms with Gasteiger partial charge in [0.15, 0.2) is 5.82 Å². The van der Waals surface area contributed by atoms with Crippen LogP contribution in [0.15, 0.2) is 28.8 Å². The number of aromatic nitrogens is 2. The Morgan fingerprint density at radius 3 is 2.94 bits per heavy atom. The molecule has 0 spiro atoms. The van der Waals surface area contributed by atoms with Gasteiger partial charge in [0.1, 0.15) is 0 Å². The third kappa shape index (κ3) is 2.25. The molecule has 1 fully saturated rings. The number of benzene rings is 1. The minimum atomic E-state index is 0.358. The van der Waals surface area contributed by atoms with E-state index in [4.69, 9.17) is 9.78 Å². The highest BCUT2D eigenvalue weighted by Crippen LogP contribution is 2.32. The van der Waals surface area contributed by atoms with Crippen LogP contribution in [0.4, 0.5) is 0 Å². The third-order valence-electron chi connectivity index (χ3n) is 3.15. The van der Waals surface area contributed by atoms with Gasteiger partial charge < -0.3 is 4.52 Å². The highest BCUT2D eigenvalue weighted by Gasteiger charge is 2.24. The predicted molar refractivity (Wildman–Crippen MR) is 65.5 cm³/mol. The molecule has 1 aromatic heterocycles. The lowest BCUT2D eigenvalue weighted by Crippen LogP contribution is -1.91. The predicted octanol–water partition coefficient (Wildman–Crippen LogP) is 2.76. The van der Waals surface area contributed by atoms with Crippen molar-refractivity contribution in [2.75, 3.05) is 0 Å². The Kier molecular flexibility index (Phi) is 2.81. The summed E-state index contributed by atoms with van der Waals surface area (Å²) in [6.45, 7) is 0. The Hall–Kier alpha value is -2.15. The number of nitrogens with zero attached hydrogens (tertiary/aromatic N) is 3. The van der Waals surface area contributed by atoms with Crippen LogP contribution < -0.4 is 0 Å². The lowest BCUT2D eigenvalue weighted by molar-refractivity contribution is 0.420. The molecule has 0 amide bonds. The lowest BCUT2D eigenvalue weighted by atomic mass is 10.1. The second kappa shape index (κ2) is 4.61. The molecule has 1 aromatic carbocycles. The summed E-state index contributed by atoms with van der Waals surface area (Å²) in [4.78, 5) is 4.42. The summed E-state index contributed by atoms with van der Waals surface area (Å²) in [7, 11) is 0. The van der Waals surface area contributed by atoms with Crippen molar-refractivity contribution in [3.05, 3.63) is 35.7 Å². The molecule has 90 valence electrons. The van der Waals surface area contributed by atoms with Crippen molar-refractivity contribution in [1.29, 1.82) is 5.26 Å². The van der Waals surface area contributed by atoms with Gasteiger partial charge in [-0.05, 0) is 30.4 Å². The first kappa shape index (κ1) is 11.0. The molecule has 1 saturated carbocycles. The smallest absolute Gasteiger partial charge is 0.258 e. The summed E-state index contributed by atoms with van der Waals surface area (Å²) in [6.07, 6.45) is 3.81. The second-order valence-corrected chi connectivity index (χ2v) is 4.66. The van der Waals surface area contributed by atoms with Gasteiger partial charge in [0.2, 0.25) is 0 Å². The van der Waals surface area contributed by atoms with Crippen LogP contribution in [0.5, 0.6) is 0 Å². The number of hydrogen-bond acceptors (Lipinski definition) is 4. The normalized spacial score (nSPS) is 14.4. The molecular formula is C14H13N3O. The maximum atomic E-state index is 8.81. The molecule has 0 unspecified atom stereocenters. The van der Waals surface area contributed by atoms with Gasteiger partial charge in [-0.2, -0.15) is 10.2 Å². The fraction of sp³-hybridized carbons (Fsp3) is 0.357. The maximum Gasteiger partial charge on any atom is 0.258 e. The van der Waals surface area contributed by atoms with E-state index in [1.807, 2.05) is 24.3 Å². The largest absolute Gasteiger partial charge is 0.334 e. The van der Waals surface area contributed by atoms with Gasteiger partial charge in [-0.1, -0.05) is 23.4 Å². The number of hydrogen-bond donors (Lipinski definition) is 0. The van der Waals surface area contributed by atoms with Crippen LogP contribution in [0.25, 0.3) is 11.5 Å². The molecule has 4 nitrogen and oxygen atoms in total. The van der Waals surface area contributed by atoms with E-state index in [0.717, 1.165) is 29.3 Å². The molecule has 2 aromatic rings. The van der Waals surface area contributed by atoms with Gasteiger partial charge in [-0.15, -0.1) is 0 Å². The Bertz CT molecular complexity index is 593. The Balaban J connectivity index is 1.89. The van der Waals surface area contributed by atoms with Crippen molar-refractivity contribution in [2.24, 2.45) is 5.92 Å². The topological polar surface area (TPSA) is 62.7 Å². The van der Waals surface area contributed by atoms with Crippen LogP contribution in [0.3, 0.4) is 0 Å². The molecule has 3 rings (SSSR count). The molecule has 0 atom stereocenters. The van der Waals surface area contributed by atoms with Crippen molar-refractivity contribution < 1.29 is 4.52 Å². The van der Waals surface area contributed by atoms with Gasteiger partial charge in [0, 0.05) is 12.0 Å². The molecule has 0 aliphatic heterocycles. The van der Waals surface area contributed by atoms with Crippen molar-refractivity contribution in [3.63, 3.8) is 0 Å². The zero-order valence-electron chi connectivity index (χ0n) is 9.97. The summed E-state index contributed by atoms with van der Waals surface area (Å²) in [5.74, 6) is 2.04. The van der Waals surface area contributed by atoms with Crippen LogP contribution in [-0.2, 0) is 12.8 Å². The number of rotatable bonds is 4. The summed E-state index contributed by atoms with van der Waals surface area (Å²) in [5.41, 5.74) is 1.80. The molecular weight excluding hydrogens is 226 g/mol. The van der Waals surface area contributed by atoms with E-state index in [0.29, 0.717) is 12.3 Å². The van der Waals surface area contributed by atoms with E-state index in [1.54, 1.807) is 0 Å². The molecule has 1 aliphatic carbocycles. The molecule has 0 bridgehead atoms. The fourth-order valence-corrected chi connectivity index (χ4v) is 1.99. The Labute approximate surface area is 105 Å². The average molecular weight is 239 g/mol. The summed E-state index contributed by atoms with van der Waals surface area (Å²) >= 11 is 0. The molecule has 4 heteroatoms. The highest BCUT2D eigenvalue weighted by atomic mass is 16.5. The first-order valence-electron chi connectivity index (χ1n) is 6.14. The van der Waals surface area contributed by atoms with E-state index in [-0.39, 0.29) is 0 Å². The van der Waals surface area contributed by atoms with Gasteiger partial charge in [-0.3, -0.25) is 0 Å². The molecule has 1 aliphatic rings.